The van der Waals surface area contributed by atoms with Crippen LogP contribution in [-0.4, -0.2) is 17.5 Å². The fourth-order valence-electron chi connectivity index (χ4n) is 1.11. The van der Waals surface area contributed by atoms with E-state index in [1.54, 1.807) is 12.1 Å². The molecule has 0 amide bonds. The van der Waals surface area contributed by atoms with Crippen molar-refractivity contribution in [2.75, 3.05) is 11.9 Å². The van der Waals surface area contributed by atoms with Gasteiger partial charge in [0.25, 0.3) is 5.69 Å². The second-order valence-electron chi connectivity index (χ2n) is 3.20. The lowest BCUT2D eigenvalue weighted by Gasteiger charge is -2.12. The van der Waals surface area contributed by atoms with E-state index in [1.807, 2.05) is 6.92 Å². The highest BCUT2D eigenvalue weighted by Gasteiger charge is 2.14. The number of hydrogen-bond donors (Lipinski definition) is 2. The first kappa shape index (κ1) is 11.9. The lowest BCUT2D eigenvalue weighted by Crippen LogP contribution is -2.25. The summed E-state index contributed by atoms with van der Waals surface area (Å²) in [6.45, 7) is 2.29. The van der Waals surface area contributed by atoms with E-state index >= 15 is 0 Å². The standard InChI is InChI=1S/C9H12BrN3O2/c1-6(5-11)12-8-4-7(10)2-3-9(8)13(14)15/h2-4,6,12H,5,11H2,1H3. The van der Waals surface area contributed by atoms with Gasteiger partial charge in [0.15, 0.2) is 0 Å². The molecule has 0 aromatic heterocycles. The number of nitro groups is 1. The molecule has 0 fully saturated rings. The van der Waals surface area contributed by atoms with Crippen molar-refractivity contribution in [2.45, 2.75) is 13.0 Å². The maximum Gasteiger partial charge on any atom is 0.292 e. The highest BCUT2D eigenvalue weighted by molar-refractivity contribution is 9.10. The molecule has 0 aliphatic rings. The average Bonchev–Trinajstić information content (AvgIpc) is 2.17. The van der Waals surface area contributed by atoms with Crippen LogP contribution in [0.1, 0.15) is 6.92 Å². The van der Waals surface area contributed by atoms with E-state index < -0.39 is 4.92 Å². The predicted molar refractivity (Wildman–Crippen MR) is 62.9 cm³/mol. The van der Waals surface area contributed by atoms with E-state index in [-0.39, 0.29) is 11.7 Å². The molecule has 0 radical (unpaired) electrons. The number of anilines is 1. The highest BCUT2D eigenvalue weighted by atomic mass is 79.9. The second-order valence-corrected chi connectivity index (χ2v) is 4.12. The third kappa shape index (κ3) is 3.17. The Kier molecular flexibility index (Phi) is 4.05. The molecule has 1 aromatic carbocycles. The van der Waals surface area contributed by atoms with E-state index in [1.165, 1.54) is 6.07 Å². The molecule has 82 valence electrons. The molecule has 0 saturated carbocycles. The van der Waals surface area contributed by atoms with Crippen molar-refractivity contribution in [3.05, 3.63) is 32.8 Å². The van der Waals surface area contributed by atoms with Crippen LogP contribution in [0.4, 0.5) is 11.4 Å². The van der Waals surface area contributed by atoms with Crippen molar-refractivity contribution in [3.8, 4) is 0 Å². The number of benzene rings is 1. The average molecular weight is 274 g/mol. The fraction of sp³-hybridized carbons (Fsp3) is 0.333. The van der Waals surface area contributed by atoms with Crippen LogP contribution in [-0.2, 0) is 0 Å². The van der Waals surface area contributed by atoms with E-state index in [0.29, 0.717) is 12.2 Å². The Balaban J connectivity index is 3.02. The molecule has 0 aliphatic heterocycles. The van der Waals surface area contributed by atoms with Crippen molar-refractivity contribution in [1.29, 1.82) is 0 Å². The SMILES string of the molecule is CC(CN)Nc1cc(Br)ccc1[N+](=O)[O-]. The molecule has 1 atom stereocenters. The molecule has 1 aromatic rings. The van der Waals surface area contributed by atoms with Gasteiger partial charge in [0.05, 0.1) is 4.92 Å². The molecular weight excluding hydrogens is 262 g/mol. The number of nitrogens with zero attached hydrogens (tertiary/aromatic N) is 1. The summed E-state index contributed by atoms with van der Waals surface area (Å²) in [7, 11) is 0. The van der Waals surface area contributed by atoms with E-state index in [9.17, 15) is 10.1 Å². The monoisotopic (exact) mass is 273 g/mol. The molecule has 15 heavy (non-hydrogen) atoms. The number of nitro benzene ring substituents is 1. The summed E-state index contributed by atoms with van der Waals surface area (Å²) < 4.78 is 0.792. The predicted octanol–water partition coefficient (Wildman–Crippen LogP) is 2.12. The van der Waals surface area contributed by atoms with Gasteiger partial charge in [0, 0.05) is 23.1 Å². The summed E-state index contributed by atoms with van der Waals surface area (Å²) >= 11 is 3.26. The quantitative estimate of drug-likeness (QED) is 0.650. The largest absolute Gasteiger partial charge is 0.376 e. The third-order valence-electron chi connectivity index (χ3n) is 1.91. The van der Waals surface area contributed by atoms with Gasteiger partial charge in [-0.3, -0.25) is 10.1 Å². The van der Waals surface area contributed by atoms with Crippen LogP contribution >= 0.6 is 15.9 Å². The zero-order valence-electron chi connectivity index (χ0n) is 8.24. The summed E-state index contributed by atoms with van der Waals surface area (Å²) in [5.74, 6) is 0. The van der Waals surface area contributed by atoms with Crippen LogP contribution in [0.25, 0.3) is 0 Å². The summed E-state index contributed by atoms with van der Waals surface area (Å²) in [5, 5.41) is 13.7. The van der Waals surface area contributed by atoms with Gasteiger partial charge in [-0.25, -0.2) is 0 Å². The molecule has 0 aliphatic carbocycles. The maximum absolute atomic E-state index is 10.7. The van der Waals surface area contributed by atoms with Crippen LogP contribution < -0.4 is 11.1 Å². The molecule has 1 rings (SSSR count). The first-order valence-electron chi connectivity index (χ1n) is 4.45. The van der Waals surface area contributed by atoms with Crippen LogP contribution in [0.2, 0.25) is 0 Å². The van der Waals surface area contributed by atoms with Gasteiger partial charge >= 0.3 is 0 Å². The number of rotatable bonds is 4. The topological polar surface area (TPSA) is 81.2 Å². The summed E-state index contributed by atoms with van der Waals surface area (Å²) in [4.78, 5) is 10.3. The normalized spacial score (nSPS) is 12.2. The van der Waals surface area contributed by atoms with Gasteiger partial charge in [0.1, 0.15) is 5.69 Å². The van der Waals surface area contributed by atoms with Crippen molar-refractivity contribution >= 4 is 27.3 Å². The Morgan fingerprint density at radius 2 is 2.33 bits per heavy atom. The van der Waals surface area contributed by atoms with Crippen LogP contribution in [0, 0.1) is 10.1 Å². The van der Waals surface area contributed by atoms with Crippen molar-refractivity contribution in [3.63, 3.8) is 0 Å². The van der Waals surface area contributed by atoms with E-state index in [0.717, 1.165) is 4.47 Å². The Labute approximate surface area is 95.9 Å². The summed E-state index contributed by atoms with van der Waals surface area (Å²) in [6.07, 6.45) is 0. The van der Waals surface area contributed by atoms with Crippen molar-refractivity contribution in [2.24, 2.45) is 5.73 Å². The molecule has 5 nitrogen and oxygen atoms in total. The first-order chi connectivity index (χ1) is 7.04. The molecular formula is C9H12BrN3O2. The number of hydrogen-bond acceptors (Lipinski definition) is 4. The van der Waals surface area contributed by atoms with E-state index in [4.69, 9.17) is 5.73 Å². The van der Waals surface area contributed by atoms with Gasteiger partial charge in [0.2, 0.25) is 0 Å². The number of halogens is 1. The number of nitrogens with two attached hydrogens (primary N) is 1. The van der Waals surface area contributed by atoms with Crippen molar-refractivity contribution in [1.82, 2.24) is 0 Å². The lowest BCUT2D eigenvalue weighted by molar-refractivity contribution is -0.384. The minimum atomic E-state index is -0.419. The Bertz CT molecular complexity index is 370. The molecule has 1 unspecified atom stereocenters. The van der Waals surface area contributed by atoms with Gasteiger partial charge < -0.3 is 11.1 Å². The third-order valence-corrected chi connectivity index (χ3v) is 2.40. The molecule has 6 heteroatoms. The first-order valence-corrected chi connectivity index (χ1v) is 5.24. The maximum atomic E-state index is 10.7. The Morgan fingerprint density at radius 1 is 1.67 bits per heavy atom. The van der Waals surface area contributed by atoms with Crippen molar-refractivity contribution < 1.29 is 4.92 Å². The Hall–Kier alpha value is -1.14. The summed E-state index contributed by atoms with van der Waals surface area (Å²) in [5.41, 5.74) is 5.97. The Morgan fingerprint density at radius 3 is 2.87 bits per heavy atom. The van der Waals surface area contributed by atoms with Gasteiger partial charge in [-0.05, 0) is 19.1 Å². The highest BCUT2D eigenvalue weighted by Crippen LogP contribution is 2.28. The minimum Gasteiger partial charge on any atom is -0.376 e. The second kappa shape index (κ2) is 5.09. The van der Waals surface area contributed by atoms with E-state index in [2.05, 4.69) is 21.2 Å². The molecule has 0 heterocycles. The van der Waals surface area contributed by atoms with Crippen LogP contribution in [0.5, 0.6) is 0 Å². The lowest BCUT2D eigenvalue weighted by atomic mass is 10.2. The van der Waals surface area contributed by atoms with Gasteiger partial charge in [-0.1, -0.05) is 15.9 Å². The molecule has 0 bridgehead atoms. The van der Waals surface area contributed by atoms with Crippen LogP contribution in [0.3, 0.4) is 0 Å². The van der Waals surface area contributed by atoms with Gasteiger partial charge in [-0.2, -0.15) is 0 Å². The zero-order chi connectivity index (χ0) is 11.4. The molecule has 0 saturated heterocycles. The number of nitrogens with one attached hydrogen (secondary N) is 1. The molecule has 3 N–H and O–H groups in total. The summed E-state index contributed by atoms with van der Waals surface area (Å²) in [6, 6.07) is 4.76. The zero-order valence-corrected chi connectivity index (χ0v) is 9.82. The smallest absolute Gasteiger partial charge is 0.292 e. The van der Waals surface area contributed by atoms with Crippen LogP contribution in [0.15, 0.2) is 22.7 Å². The molecule has 0 spiro atoms. The van der Waals surface area contributed by atoms with Gasteiger partial charge in [-0.15, -0.1) is 0 Å². The minimum absolute atomic E-state index is 0.00185. The fourth-order valence-corrected chi connectivity index (χ4v) is 1.47.